The number of rotatable bonds is 3. The Balaban J connectivity index is 2.03. The SMILES string of the molecule is CC1(C)CCN(C(=O)C(C#N)Cc2ccccc2)C1. The second-order valence-electron chi connectivity index (χ2n) is 6.05. The second kappa shape index (κ2) is 5.44. The summed E-state index contributed by atoms with van der Waals surface area (Å²) in [5.74, 6) is -0.576. The van der Waals surface area contributed by atoms with Gasteiger partial charge in [-0.05, 0) is 23.8 Å². The molecule has 3 heteroatoms. The van der Waals surface area contributed by atoms with Crippen LogP contribution in [0.5, 0.6) is 0 Å². The van der Waals surface area contributed by atoms with E-state index in [2.05, 4.69) is 19.9 Å². The van der Waals surface area contributed by atoms with E-state index in [1.54, 1.807) is 0 Å². The minimum absolute atomic E-state index is 0.0167. The average Bonchev–Trinajstić information content (AvgIpc) is 2.77. The Morgan fingerprint density at radius 1 is 1.42 bits per heavy atom. The van der Waals surface area contributed by atoms with Crippen LogP contribution in [0, 0.1) is 22.7 Å². The van der Waals surface area contributed by atoms with Crippen LogP contribution in [0.3, 0.4) is 0 Å². The summed E-state index contributed by atoms with van der Waals surface area (Å²) in [4.78, 5) is 14.2. The van der Waals surface area contributed by atoms with Crippen LogP contribution in [0.4, 0.5) is 0 Å². The fraction of sp³-hybridized carbons (Fsp3) is 0.500. The Morgan fingerprint density at radius 2 is 2.11 bits per heavy atom. The molecule has 0 aromatic heterocycles. The van der Waals surface area contributed by atoms with Gasteiger partial charge in [0.15, 0.2) is 0 Å². The Kier molecular flexibility index (Phi) is 3.90. The third-order valence-electron chi connectivity index (χ3n) is 3.73. The topological polar surface area (TPSA) is 44.1 Å². The molecule has 1 heterocycles. The first kappa shape index (κ1) is 13.6. The second-order valence-corrected chi connectivity index (χ2v) is 6.05. The van der Waals surface area contributed by atoms with Crippen LogP contribution in [-0.2, 0) is 11.2 Å². The molecular formula is C16H20N2O. The normalized spacial score (nSPS) is 18.9. The van der Waals surface area contributed by atoms with Crippen molar-refractivity contribution in [2.75, 3.05) is 13.1 Å². The minimum atomic E-state index is -0.559. The Bertz CT molecular complexity index is 487. The summed E-state index contributed by atoms with van der Waals surface area (Å²) in [7, 11) is 0. The summed E-state index contributed by atoms with van der Waals surface area (Å²) in [5, 5.41) is 9.25. The highest BCUT2D eigenvalue weighted by molar-refractivity contribution is 5.81. The lowest BCUT2D eigenvalue weighted by Crippen LogP contribution is -2.35. The van der Waals surface area contributed by atoms with Crippen LogP contribution in [0.1, 0.15) is 25.8 Å². The van der Waals surface area contributed by atoms with E-state index < -0.39 is 5.92 Å². The molecule has 100 valence electrons. The van der Waals surface area contributed by atoms with Crippen molar-refractivity contribution >= 4 is 5.91 Å². The third-order valence-corrected chi connectivity index (χ3v) is 3.73. The van der Waals surface area contributed by atoms with Crippen LogP contribution in [0.15, 0.2) is 30.3 Å². The molecular weight excluding hydrogens is 236 g/mol. The summed E-state index contributed by atoms with van der Waals surface area (Å²) >= 11 is 0. The zero-order chi connectivity index (χ0) is 13.9. The molecule has 0 saturated carbocycles. The minimum Gasteiger partial charge on any atom is -0.341 e. The molecule has 1 atom stereocenters. The molecule has 0 radical (unpaired) electrons. The van der Waals surface area contributed by atoms with Gasteiger partial charge in [-0.25, -0.2) is 0 Å². The number of hydrogen-bond acceptors (Lipinski definition) is 2. The molecule has 1 amide bonds. The van der Waals surface area contributed by atoms with Gasteiger partial charge in [0, 0.05) is 13.1 Å². The highest BCUT2D eigenvalue weighted by Crippen LogP contribution is 2.30. The first-order chi connectivity index (χ1) is 9.02. The number of carbonyl (C=O) groups is 1. The van der Waals surface area contributed by atoms with Crippen LogP contribution >= 0.6 is 0 Å². The molecule has 19 heavy (non-hydrogen) atoms. The Hall–Kier alpha value is -1.82. The standard InChI is InChI=1S/C16H20N2O/c1-16(2)8-9-18(12-16)15(19)14(11-17)10-13-6-4-3-5-7-13/h3-7,14H,8-10,12H2,1-2H3. The maximum atomic E-state index is 12.4. The van der Waals surface area contributed by atoms with Crippen molar-refractivity contribution in [2.45, 2.75) is 26.7 Å². The van der Waals surface area contributed by atoms with Crippen LogP contribution in [0.2, 0.25) is 0 Å². The van der Waals surface area contributed by atoms with E-state index in [-0.39, 0.29) is 11.3 Å². The van der Waals surface area contributed by atoms with Gasteiger partial charge in [-0.3, -0.25) is 4.79 Å². The summed E-state index contributed by atoms with van der Waals surface area (Å²) in [6.45, 7) is 5.87. The Morgan fingerprint density at radius 3 is 2.63 bits per heavy atom. The molecule has 0 bridgehead atoms. The van der Waals surface area contributed by atoms with Gasteiger partial charge in [0.2, 0.25) is 5.91 Å². The van der Waals surface area contributed by atoms with Gasteiger partial charge in [-0.2, -0.15) is 5.26 Å². The lowest BCUT2D eigenvalue weighted by Gasteiger charge is -2.22. The summed E-state index contributed by atoms with van der Waals surface area (Å²) in [6.07, 6.45) is 1.52. The number of nitriles is 1. The van der Waals surface area contributed by atoms with Crippen molar-refractivity contribution in [3.8, 4) is 6.07 Å². The number of benzene rings is 1. The number of amides is 1. The monoisotopic (exact) mass is 256 g/mol. The van der Waals surface area contributed by atoms with E-state index in [1.807, 2.05) is 35.2 Å². The van der Waals surface area contributed by atoms with Crippen molar-refractivity contribution in [2.24, 2.45) is 11.3 Å². The predicted octanol–water partition coefficient (Wildman–Crippen LogP) is 2.63. The highest BCUT2D eigenvalue weighted by atomic mass is 16.2. The molecule has 1 saturated heterocycles. The van der Waals surface area contributed by atoms with Crippen LogP contribution in [0.25, 0.3) is 0 Å². The maximum absolute atomic E-state index is 12.4. The molecule has 0 N–H and O–H groups in total. The number of hydrogen-bond donors (Lipinski definition) is 0. The lowest BCUT2D eigenvalue weighted by atomic mass is 9.93. The van der Waals surface area contributed by atoms with E-state index in [0.29, 0.717) is 6.42 Å². The lowest BCUT2D eigenvalue weighted by molar-refractivity contribution is -0.133. The van der Waals surface area contributed by atoms with Gasteiger partial charge < -0.3 is 4.90 Å². The highest BCUT2D eigenvalue weighted by Gasteiger charge is 2.34. The molecule has 1 aliphatic rings. The maximum Gasteiger partial charge on any atom is 0.240 e. The van der Waals surface area contributed by atoms with Gasteiger partial charge in [0.05, 0.1) is 6.07 Å². The first-order valence-electron chi connectivity index (χ1n) is 6.74. The molecule has 0 aliphatic carbocycles. The van der Waals surface area contributed by atoms with Crippen molar-refractivity contribution in [3.05, 3.63) is 35.9 Å². The quantitative estimate of drug-likeness (QED) is 0.834. The van der Waals surface area contributed by atoms with Gasteiger partial charge in [-0.15, -0.1) is 0 Å². The van der Waals surface area contributed by atoms with E-state index >= 15 is 0 Å². The molecule has 1 aliphatic heterocycles. The molecule has 1 aromatic carbocycles. The van der Waals surface area contributed by atoms with E-state index in [4.69, 9.17) is 0 Å². The average molecular weight is 256 g/mol. The fourth-order valence-electron chi connectivity index (χ4n) is 2.56. The molecule has 2 rings (SSSR count). The number of carbonyl (C=O) groups excluding carboxylic acids is 1. The first-order valence-corrected chi connectivity index (χ1v) is 6.74. The van der Waals surface area contributed by atoms with E-state index in [0.717, 1.165) is 25.1 Å². The molecule has 3 nitrogen and oxygen atoms in total. The molecule has 1 aromatic rings. The van der Waals surface area contributed by atoms with Gasteiger partial charge in [0.1, 0.15) is 5.92 Å². The van der Waals surface area contributed by atoms with Crippen molar-refractivity contribution in [1.82, 2.24) is 4.90 Å². The van der Waals surface area contributed by atoms with Gasteiger partial charge in [-0.1, -0.05) is 44.2 Å². The largest absolute Gasteiger partial charge is 0.341 e. The Labute approximate surface area is 114 Å². The number of likely N-dealkylation sites (tertiary alicyclic amines) is 1. The zero-order valence-electron chi connectivity index (χ0n) is 11.6. The van der Waals surface area contributed by atoms with Gasteiger partial charge >= 0.3 is 0 Å². The molecule has 0 spiro atoms. The third kappa shape index (κ3) is 3.35. The van der Waals surface area contributed by atoms with Crippen molar-refractivity contribution in [1.29, 1.82) is 5.26 Å². The van der Waals surface area contributed by atoms with Crippen LogP contribution in [-0.4, -0.2) is 23.9 Å². The molecule has 1 fully saturated rings. The molecule has 1 unspecified atom stereocenters. The smallest absolute Gasteiger partial charge is 0.240 e. The number of nitrogens with zero attached hydrogens (tertiary/aromatic N) is 2. The van der Waals surface area contributed by atoms with E-state index in [1.165, 1.54) is 0 Å². The predicted molar refractivity (Wildman–Crippen MR) is 74.2 cm³/mol. The fourth-order valence-corrected chi connectivity index (χ4v) is 2.56. The van der Waals surface area contributed by atoms with E-state index in [9.17, 15) is 10.1 Å². The van der Waals surface area contributed by atoms with Crippen molar-refractivity contribution in [3.63, 3.8) is 0 Å². The summed E-state index contributed by atoms with van der Waals surface area (Å²) < 4.78 is 0. The zero-order valence-corrected chi connectivity index (χ0v) is 11.6. The van der Waals surface area contributed by atoms with Crippen LogP contribution < -0.4 is 0 Å². The van der Waals surface area contributed by atoms with Gasteiger partial charge in [0.25, 0.3) is 0 Å². The summed E-state index contributed by atoms with van der Waals surface area (Å²) in [5.41, 5.74) is 1.23. The van der Waals surface area contributed by atoms with Crippen molar-refractivity contribution < 1.29 is 4.79 Å². The summed E-state index contributed by atoms with van der Waals surface area (Å²) in [6, 6.07) is 11.9.